The van der Waals surface area contributed by atoms with Crippen LogP contribution in [0, 0.1) is 19.3 Å². The van der Waals surface area contributed by atoms with E-state index in [0.29, 0.717) is 5.41 Å². The maximum absolute atomic E-state index is 11.6. The predicted octanol–water partition coefficient (Wildman–Crippen LogP) is 3.20. The first-order valence-electron chi connectivity index (χ1n) is 6.29. The summed E-state index contributed by atoms with van der Waals surface area (Å²) in [6, 6.07) is 6.12. The third kappa shape index (κ3) is 1.43. The van der Waals surface area contributed by atoms with Crippen LogP contribution in [0.15, 0.2) is 18.2 Å². The zero-order valence-electron chi connectivity index (χ0n) is 10.4. The van der Waals surface area contributed by atoms with Crippen LogP contribution in [0.25, 0.3) is 0 Å². The number of carboxylic acids is 1. The first-order valence-corrected chi connectivity index (χ1v) is 6.29. The Morgan fingerprint density at radius 3 is 2.29 bits per heavy atom. The zero-order valence-corrected chi connectivity index (χ0v) is 10.4. The summed E-state index contributed by atoms with van der Waals surface area (Å²) in [6.45, 7) is 4.12. The maximum Gasteiger partial charge on any atom is 0.314 e. The highest BCUT2D eigenvalue weighted by molar-refractivity contribution is 5.83. The quantitative estimate of drug-likeness (QED) is 0.847. The summed E-state index contributed by atoms with van der Waals surface area (Å²) in [5.41, 5.74) is 3.24. The van der Waals surface area contributed by atoms with E-state index in [1.165, 1.54) is 24.0 Å². The molecule has 1 aromatic carbocycles. The second kappa shape index (κ2) is 3.12. The highest BCUT2D eigenvalue weighted by atomic mass is 16.4. The Hall–Kier alpha value is -1.31. The molecule has 2 heteroatoms. The molecular formula is C15H18O2. The van der Waals surface area contributed by atoms with Gasteiger partial charge in [-0.05, 0) is 61.6 Å². The molecule has 2 fully saturated rings. The van der Waals surface area contributed by atoms with E-state index in [-0.39, 0.29) is 0 Å². The smallest absolute Gasteiger partial charge is 0.314 e. The average molecular weight is 230 g/mol. The Morgan fingerprint density at radius 2 is 1.82 bits per heavy atom. The van der Waals surface area contributed by atoms with Gasteiger partial charge in [-0.1, -0.05) is 18.2 Å². The Balaban J connectivity index is 1.99. The lowest BCUT2D eigenvalue weighted by molar-refractivity contribution is -0.150. The number of aliphatic carboxylic acids is 1. The second-order valence-electron chi connectivity index (χ2n) is 6.04. The molecule has 17 heavy (non-hydrogen) atoms. The first-order chi connectivity index (χ1) is 7.97. The van der Waals surface area contributed by atoms with Crippen molar-refractivity contribution >= 4 is 5.97 Å². The molecule has 0 aliphatic heterocycles. The van der Waals surface area contributed by atoms with Crippen LogP contribution in [0.5, 0.6) is 0 Å². The molecule has 0 unspecified atom stereocenters. The van der Waals surface area contributed by atoms with Gasteiger partial charge in [-0.3, -0.25) is 4.79 Å². The summed E-state index contributed by atoms with van der Waals surface area (Å²) in [6.07, 6.45) is 4.15. The standard InChI is InChI=1S/C15H18O2/c1-10-3-4-12(7-11(10)2)15(13(16)17)8-14(9-15)5-6-14/h3-4,7H,5-6,8-9H2,1-2H3,(H,16,17). The molecule has 0 heterocycles. The molecule has 2 aliphatic rings. The number of rotatable bonds is 2. The van der Waals surface area contributed by atoms with Crippen LogP contribution in [0.1, 0.15) is 42.4 Å². The summed E-state index contributed by atoms with van der Waals surface area (Å²) < 4.78 is 0. The van der Waals surface area contributed by atoms with Crippen molar-refractivity contribution < 1.29 is 9.90 Å². The molecular weight excluding hydrogens is 212 g/mol. The van der Waals surface area contributed by atoms with E-state index in [0.717, 1.165) is 18.4 Å². The molecule has 0 aromatic heterocycles. The lowest BCUT2D eigenvalue weighted by Crippen LogP contribution is -2.49. The van der Waals surface area contributed by atoms with Crippen LogP contribution in [0.3, 0.4) is 0 Å². The lowest BCUT2D eigenvalue weighted by Gasteiger charge is -2.46. The third-order valence-electron chi connectivity index (χ3n) is 4.78. The zero-order chi connectivity index (χ0) is 12.3. The topological polar surface area (TPSA) is 37.3 Å². The molecule has 1 spiro atoms. The monoisotopic (exact) mass is 230 g/mol. The summed E-state index contributed by atoms with van der Waals surface area (Å²) in [5, 5.41) is 9.56. The van der Waals surface area contributed by atoms with Gasteiger partial charge in [0.25, 0.3) is 0 Å². The molecule has 2 saturated carbocycles. The van der Waals surface area contributed by atoms with E-state index in [1.54, 1.807) is 0 Å². The summed E-state index contributed by atoms with van der Waals surface area (Å²) in [7, 11) is 0. The van der Waals surface area contributed by atoms with Crippen LogP contribution in [0.2, 0.25) is 0 Å². The van der Waals surface area contributed by atoms with Crippen molar-refractivity contribution in [2.45, 2.75) is 44.9 Å². The fourth-order valence-corrected chi connectivity index (χ4v) is 3.28. The van der Waals surface area contributed by atoms with Crippen LogP contribution in [-0.4, -0.2) is 11.1 Å². The van der Waals surface area contributed by atoms with Gasteiger partial charge in [-0.15, -0.1) is 0 Å². The maximum atomic E-state index is 11.6. The minimum absolute atomic E-state index is 0.400. The van der Waals surface area contributed by atoms with Gasteiger partial charge in [0.15, 0.2) is 0 Å². The lowest BCUT2D eigenvalue weighted by atomic mass is 9.56. The van der Waals surface area contributed by atoms with Crippen molar-refractivity contribution in [3.8, 4) is 0 Å². The van der Waals surface area contributed by atoms with Crippen LogP contribution in [0.4, 0.5) is 0 Å². The molecule has 0 saturated heterocycles. The van der Waals surface area contributed by atoms with Crippen molar-refractivity contribution in [3.05, 3.63) is 34.9 Å². The van der Waals surface area contributed by atoms with E-state index >= 15 is 0 Å². The average Bonchev–Trinajstić information content (AvgIpc) is 2.99. The van der Waals surface area contributed by atoms with Crippen molar-refractivity contribution in [1.82, 2.24) is 0 Å². The molecule has 2 aliphatic carbocycles. The Bertz CT molecular complexity index is 490. The third-order valence-corrected chi connectivity index (χ3v) is 4.78. The molecule has 0 amide bonds. The van der Waals surface area contributed by atoms with Gasteiger partial charge in [-0.2, -0.15) is 0 Å². The number of carbonyl (C=O) groups is 1. The van der Waals surface area contributed by atoms with Crippen LogP contribution in [-0.2, 0) is 10.2 Å². The summed E-state index contributed by atoms with van der Waals surface area (Å²) in [4.78, 5) is 11.6. The molecule has 2 nitrogen and oxygen atoms in total. The Morgan fingerprint density at radius 1 is 1.18 bits per heavy atom. The van der Waals surface area contributed by atoms with E-state index in [1.807, 2.05) is 12.1 Å². The predicted molar refractivity (Wildman–Crippen MR) is 66.1 cm³/mol. The van der Waals surface area contributed by atoms with Crippen molar-refractivity contribution in [2.75, 3.05) is 0 Å². The van der Waals surface area contributed by atoms with Gasteiger partial charge in [0.2, 0.25) is 0 Å². The fourth-order valence-electron chi connectivity index (χ4n) is 3.28. The summed E-state index contributed by atoms with van der Waals surface area (Å²) >= 11 is 0. The fraction of sp³-hybridized carbons (Fsp3) is 0.533. The van der Waals surface area contributed by atoms with Gasteiger partial charge >= 0.3 is 5.97 Å². The van der Waals surface area contributed by atoms with E-state index < -0.39 is 11.4 Å². The summed E-state index contributed by atoms with van der Waals surface area (Å²) in [5.74, 6) is -0.640. The minimum atomic E-state index is -0.640. The number of benzene rings is 1. The SMILES string of the molecule is Cc1ccc(C2(C(=O)O)CC3(CC3)C2)cc1C. The largest absolute Gasteiger partial charge is 0.481 e. The first kappa shape index (κ1) is 10.8. The molecule has 0 atom stereocenters. The van der Waals surface area contributed by atoms with Gasteiger partial charge in [0.1, 0.15) is 0 Å². The van der Waals surface area contributed by atoms with E-state index in [2.05, 4.69) is 19.9 Å². The van der Waals surface area contributed by atoms with Crippen molar-refractivity contribution in [2.24, 2.45) is 5.41 Å². The molecule has 0 radical (unpaired) electrons. The Kier molecular flexibility index (Phi) is 1.99. The van der Waals surface area contributed by atoms with E-state index in [9.17, 15) is 9.90 Å². The normalized spacial score (nSPS) is 23.2. The number of aryl methyl sites for hydroxylation is 2. The van der Waals surface area contributed by atoms with Crippen molar-refractivity contribution in [3.63, 3.8) is 0 Å². The molecule has 1 N–H and O–H groups in total. The Labute approximate surface area is 102 Å². The number of hydrogen-bond acceptors (Lipinski definition) is 1. The van der Waals surface area contributed by atoms with Crippen molar-refractivity contribution in [1.29, 1.82) is 0 Å². The number of hydrogen-bond donors (Lipinski definition) is 1. The highest BCUT2D eigenvalue weighted by Gasteiger charge is 2.64. The molecule has 90 valence electrons. The van der Waals surface area contributed by atoms with Gasteiger partial charge < -0.3 is 5.11 Å². The van der Waals surface area contributed by atoms with E-state index in [4.69, 9.17) is 0 Å². The van der Waals surface area contributed by atoms with Gasteiger partial charge in [0, 0.05) is 0 Å². The molecule has 3 rings (SSSR count). The van der Waals surface area contributed by atoms with Gasteiger partial charge in [-0.25, -0.2) is 0 Å². The minimum Gasteiger partial charge on any atom is -0.481 e. The van der Waals surface area contributed by atoms with Crippen LogP contribution >= 0.6 is 0 Å². The molecule has 0 bridgehead atoms. The molecule has 1 aromatic rings. The second-order valence-corrected chi connectivity index (χ2v) is 6.04. The number of carboxylic acid groups (broad SMARTS) is 1. The highest BCUT2D eigenvalue weighted by Crippen LogP contribution is 2.69. The van der Waals surface area contributed by atoms with Crippen LogP contribution < -0.4 is 0 Å². The van der Waals surface area contributed by atoms with Gasteiger partial charge in [0.05, 0.1) is 5.41 Å².